The highest BCUT2D eigenvalue weighted by Crippen LogP contribution is 2.35. The molecular formula is C15H18ClFN2. The molecule has 1 N–H and O–H groups in total. The molecule has 19 heavy (non-hydrogen) atoms. The van der Waals surface area contributed by atoms with E-state index in [4.69, 9.17) is 11.6 Å². The second-order valence-corrected chi connectivity index (χ2v) is 5.39. The van der Waals surface area contributed by atoms with Crippen molar-refractivity contribution in [1.82, 2.24) is 4.98 Å². The maximum absolute atomic E-state index is 14.0. The molecule has 2 rings (SSSR count). The smallest absolute Gasteiger partial charge is 0.150 e. The number of rotatable bonds is 3. The van der Waals surface area contributed by atoms with E-state index in [1.165, 1.54) is 6.07 Å². The van der Waals surface area contributed by atoms with E-state index in [0.29, 0.717) is 16.5 Å². The number of aryl methyl sites for hydroxylation is 1. The molecule has 0 atom stereocenters. The molecule has 0 aliphatic heterocycles. The maximum atomic E-state index is 14.0. The van der Waals surface area contributed by atoms with Crippen LogP contribution in [0.1, 0.15) is 37.9 Å². The summed E-state index contributed by atoms with van der Waals surface area (Å²) in [6, 6.07) is 3.08. The van der Waals surface area contributed by atoms with Crippen LogP contribution < -0.4 is 5.32 Å². The molecule has 0 aliphatic rings. The van der Waals surface area contributed by atoms with E-state index in [-0.39, 0.29) is 5.82 Å². The standard InChI is InChI=1S/C15H18ClFN2/c1-5-18-15-11-6-10(16)7-12(17)14(11)19-9(4)13(15)8(2)3/h6-8H,5H2,1-4H3,(H,18,19). The van der Waals surface area contributed by atoms with Gasteiger partial charge in [-0.2, -0.15) is 0 Å². The minimum Gasteiger partial charge on any atom is -0.384 e. The van der Waals surface area contributed by atoms with E-state index in [1.807, 2.05) is 13.8 Å². The molecule has 0 spiro atoms. The summed E-state index contributed by atoms with van der Waals surface area (Å²) < 4.78 is 14.0. The van der Waals surface area contributed by atoms with Crippen molar-refractivity contribution in [3.05, 3.63) is 34.2 Å². The van der Waals surface area contributed by atoms with E-state index >= 15 is 0 Å². The molecule has 0 unspecified atom stereocenters. The van der Waals surface area contributed by atoms with Gasteiger partial charge in [-0.1, -0.05) is 25.4 Å². The summed E-state index contributed by atoms with van der Waals surface area (Å²) in [4.78, 5) is 4.41. The Morgan fingerprint density at radius 3 is 2.63 bits per heavy atom. The van der Waals surface area contributed by atoms with E-state index in [9.17, 15) is 4.39 Å². The number of pyridine rings is 1. The number of anilines is 1. The SMILES string of the molecule is CCNc1c(C(C)C)c(C)nc2c(F)cc(Cl)cc12. The van der Waals surface area contributed by atoms with Crippen molar-refractivity contribution in [2.75, 3.05) is 11.9 Å². The Labute approximate surface area is 118 Å². The normalized spacial score (nSPS) is 11.3. The Morgan fingerprint density at radius 1 is 1.37 bits per heavy atom. The van der Waals surface area contributed by atoms with Gasteiger partial charge in [-0.25, -0.2) is 9.37 Å². The van der Waals surface area contributed by atoms with Crippen LogP contribution in [0.25, 0.3) is 10.9 Å². The van der Waals surface area contributed by atoms with Crippen LogP contribution in [-0.2, 0) is 0 Å². The topological polar surface area (TPSA) is 24.9 Å². The number of aromatic nitrogens is 1. The maximum Gasteiger partial charge on any atom is 0.150 e. The highest BCUT2D eigenvalue weighted by atomic mass is 35.5. The summed E-state index contributed by atoms with van der Waals surface area (Å²) in [6.45, 7) is 8.93. The first kappa shape index (κ1) is 14.1. The lowest BCUT2D eigenvalue weighted by molar-refractivity contribution is 0.636. The molecule has 2 nitrogen and oxygen atoms in total. The van der Waals surface area contributed by atoms with Crippen molar-refractivity contribution in [2.24, 2.45) is 0 Å². The van der Waals surface area contributed by atoms with Gasteiger partial charge in [-0.15, -0.1) is 0 Å². The first-order valence-electron chi connectivity index (χ1n) is 6.48. The molecule has 4 heteroatoms. The molecule has 2 aromatic rings. The van der Waals surface area contributed by atoms with E-state index in [2.05, 4.69) is 24.1 Å². The molecule has 0 amide bonds. The summed E-state index contributed by atoms with van der Waals surface area (Å²) in [5.74, 6) is -0.0620. The zero-order valence-electron chi connectivity index (χ0n) is 11.6. The highest BCUT2D eigenvalue weighted by Gasteiger charge is 2.17. The first-order valence-corrected chi connectivity index (χ1v) is 6.86. The average Bonchev–Trinajstić information content (AvgIpc) is 2.30. The van der Waals surface area contributed by atoms with E-state index < -0.39 is 0 Å². The lowest BCUT2D eigenvalue weighted by Crippen LogP contribution is -2.07. The lowest BCUT2D eigenvalue weighted by Gasteiger charge is -2.19. The zero-order valence-corrected chi connectivity index (χ0v) is 12.4. The second-order valence-electron chi connectivity index (χ2n) is 4.95. The summed E-state index contributed by atoms with van der Waals surface area (Å²) in [5, 5.41) is 4.47. The molecule has 1 aromatic carbocycles. The Bertz CT molecular complexity index is 623. The third-order valence-corrected chi connectivity index (χ3v) is 3.39. The molecular weight excluding hydrogens is 263 g/mol. The third-order valence-electron chi connectivity index (χ3n) is 3.17. The van der Waals surface area contributed by atoms with Crippen LogP contribution in [0.15, 0.2) is 12.1 Å². The van der Waals surface area contributed by atoms with Crippen LogP contribution in [0.3, 0.4) is 0 Å². The number of hydrogen-bond acceptors (Lipinski definition) is 2. The molecule has 0 aliphatic carbocycles. The van der Waals surface area contributed by atoms with Crippen molar-refractivity contribution < 1.29 is 4.39 Å². The molecule has 1 heterocycles. The fraction of sp³-hybridized carbons (Fsp3) is 0.400. The summed E-state index contributed by atoms with van der Waals surface area (Å²) in [6.07, 6.45) is 0. The van der Waals surface area contributed by atoms with Gasteiger partial charge in [0, 0.05) is 28.3 Å². The van der Waals surface area contributed by atoms with Gasteiger partial charge in [0.25, 0.3) is 0 Å². The van der Waals surface area contributed by atoms with Gasteiger partial charge in [0.15, 0.2) is 5.82 Å². The van der Waals surface area contributed by atoms with Crippen LogP contribution in [0.2, 0.25) is 5.02 Å². The largest absolute Gasteiger partial charge is 0.384 e. The number of hydrogen-bond donors (Lipinski definition) is 1. The molecule has 0 bridgehead atoms. The minimum atomic E-state index is -0.375. The fourth-order valence-electron chi connectivity index (χ4n) is 2.50. The Kier molecular flexibility index (Phi) is 3.95. The van der Waals surface area contributed by atoms with E-state index in [1.54, 1.807) is 6.07 Å². The van der Waals surface area contributed by atoms with Crippen molar-refractivity contribution in [3.8, 4) is 0 Å². The van der Waals surface area contributed by atoms with Crippen LogP contribution in [-0.4, -0.2) is 11.5 Å². The predicted octanol–water partition coefficient (Wildman–Crippen LogP) is 4.89. The van der Waals surface area contributed by atoms with Gasteiger partial charge < -0.3 is 5.32 Å². The third kappa shape index (κ3) is 2.52. The first-order chi connectivity index (χ1) is 8.95. The van der Waals surface area contributed by atoms with E-state index in [0.717, 1.165) is 28.9 Å². The van der Waals surface area contributed by atoms with Crippen LogP contribution in [0.4, 0.5) is 10.1 Å². The van der Waals surface area contributed by atoms with Gasteiger partial charge in [0.1, 0.15) is 5.52 Å². The highest BCUT2D eigenvalue weighted by molar-refractivity contribution is 6.31. The summed E-state index contributed by atoms with van der Waals surface area (Å²) in [5.41, 5.74) is 3.30. The fourth-order valence-corrected chi connectivity index (χ4v) is 2.70. The van der Waals surface area contributed by atoms with Gasteiger partial charge >= 0.3 is 0 Å². The molecule has 0 fully saturated rings. The minimum absolute atomic E-state index is 0.313. The number of halogens is 2. The Morgan fingerprint density at radius 2 is 2.05 bits per heavy atom. The lowest BCUT2D eigenvalue weighted by atomic mass is 9.96. The molecule has 0 radical (unpaired) electrons. The zero-order chi connectivity index (χ0) is 14.2. The quantitative estimate of drug-likeness (QED) is 0.866. The van der Waals surface area contributed by atoms with Gasteiger partial charge in [-0.3, -0.25) is 0 Å². The van der Waals surface area contributed by atoms with Crippen LogP contribution in [0, 0.1) is 12.7 Å². The Balaban J connectivity index is 2.89. The number of nitrogens with zero attached hydrogens (tertiary/aromatic N) is 1. The monoisotopic (exact) mass is 280 g/mol. The number of fused-ring (bicyclic) bond motifs is 1. The number of nitrogens with one attached hydrogen (secondary N) is 1. The van der Waals surface area contributed by atoms with Crippen molar-refractivity contribution >= 4 is 28.2 Å². The van der Waals surface area contributed by atoms with Crippen molar-refractivity contribution in [1.29, 1.82) is 0 Å². The van der Waals surface area contributed by atoms with Gasteiger partial charge in [0.05, 0.1) is 0 Å². The summed E-state index contributed by atoms with van der Waals surface area (Å²) >= 11 is 5.97. The van der Waals surface area contributed by atoms with Crippen LogP contribution >= 0.6 is 11.6 Å². The van der Waals surface area contributed by atoms with Crippen molar-refractivity contribution in [2.45, 2.75) is 33.6 Å². The molecule has 0 saturated carbocycles. The molecule has 0 saturated heterocycles. The van der Waals surface area contributed by atoms with Crippen molar-refractivity contribution in [3.63, 3.8) is 0 Å². The second kappa shape index (κ2) is 5.33. The van der Waals surface area contributed by atoms with Gasteiger partial charge in [0.2, 0.25) is 0 Å². The molecule has 102 valence electrons. The summed E-state index contributed by atoms with van der Waals surface area (Å²) in [7, 11) is 0. The van der Waals surface area contributed by atoms with Gasteiger partial charge in [-0.05, 0) is 37.5 Å². The Hall–Kier alpha value is -1.35. The average molecular weight is 281 g/mol. The number of benzene rings is 1. The van der Waals surface area contributed by atoms with Crippen LogP contribution in [0.5, 0.6) is 0 Å². The predicted molar refractivity (Wildman–Crippen MR) is 79.7 cm³/mol. The molecule has 1 aromatic heterocycles.